The first-order chi connectivity index (χ1) is 14.0. The highest BCUT2D eigenvalue weighted by molar-refractivity contribution is 6.22. The summed E-state index contributed by atoms with van der Waals surface area (Å²) in [5.41, 5.74) is 1.09. The van der Waals surface area contributed by atoms with Crippen molar-refractivity contribution >= 4 is 23.3 Å². The topological polar surface area (TPSA) is 63.7 Å². The first kappa shape index (κ1) is 17.9. The highest BCUT2D eigenvalue weighted by Gasteiger charge is 2.59. The van der Waals surface area contributed by atoms with E-state index in [1.165, 1.54) is 4.90 Å². The van der Waals surface area contributed by atoms with Crippen molar-refractivity contribution < 1.29 is 19.1 Å². The van der Waals surface area contributed by atoms with Crippen LogP contribution in [0.2, 0.25) is 0 Å². The van der Waals surface area contributed by atoms with Gasteiger partial charge in [0.25, 0.3) is 0 Å². The van der Waals surface area contributed by atoms with Crippen LogP contribution in [-0.2, 0) is 9.59 Å². The van der Waals surface area contributed by atoms with Gasteiger partial charge >= 0.3 is 0 Å². The smallest absolute Gasteiger partial charge is 0.238 e. The van der Waals surface area contributed by atoms with Gasteiger partial charge in [0.05, 0.1) is 17.5 Å². The molecule has 5 rings (SSSR count). The van der Waals surface area contributed by atoms with Gasteiger partial charge in [0.15, 0.2) is 6.10 Å². The van der Waals surface area contributed by atoms with E-state index >= 15 is 0 Å². The monoisotopic (exact) mass is 387 g/mol. The summed E-state index contributed by atoms with van der Waals surface area (Å²) < 4.78 is 5.84. The molecule has 1 saturated heterocycles. The Morgan fingerprint density at radius 3 is 2.28 bits per heavy atom. The summed E-state index contributed by atoms with van der Waals surface area (Å²) in [6, 6.07) is 15.9. The third-order valence-corrected chi connectivity index (χ3v) is 6.29. The van der Waals surface area contributed by atoms with Crippen LogP contribution in [0.25, 0.3) is 0 Å². The average Bonchev–Trinajstić information content (AvgIpc) is 3.42. The number of fused-ring (bicyclic) bond motifs is 5. The third kappa shape index (κ3) is 2.80. The maximum absolute atomic E-state index is 13.0. The molecule has 2 aliphatic carbocycles. The van der Waals surface area contributed by atoms with Crippen molar-refractivity contribution in [3.8, 4) is 5.75 Å². The first-order valence-electron chi connectivity index (χ1n) is 9.96. The van der Waals surface area contributed by atoms with Crippen molar-refractivity contribution in [1.82, 2.24) is 0 Å². The summed E-state index contributed by atoms with van der Waals surface area (Å²) in [7, 11) is 0. The van der Waals surface area contributed by atoms with Crippen molar-refractivity contribution in [3.63, 3.8) is 0 Å². The summed E-state index contributed by atoms with van der Waals surface area (Å²) in [5, 5.41) is 0. The summed E-state index contributed by atoms with van der Waals surface area (Å²) in [4.78, 5) is 39.8. The molecule has 5 nitrogen and oxygen atoms in total. The Morgan fingerprint density at radius 1 is 0.966 bits per heavy atom. The fourth-order valence-electron chi connectivity index (χ4n) is 4.95. The van der Waals surface area contributed by atoms with Crippen LogP contribution in [0.1, 0.15) is 23.7 Å². The normalized spacial score (nSPS) is 28.0. The van der Waals surface area contributed by atoms with Crippen LogP contribution < -0.4 is 9.64 Å². The molecule has 146 valence electrons. The molecule has 0 unspecified atom stereocenters. The molecule has 1 saturated carbocycles. The van der Waals surface area contributed by atoms with Gasteiger partial charge in [-0.1, -0.05) is 48.6 Å². The fraction of sp³-hybridized carbons (Fsp3) is 0.292. The molecular formula is C24H21NO4. The number of ether oxygens (including phenoxy) is 1. The molecule has 0 N–H and O–H groups in total. The molecule has 2 aromatic carbocycles. The van der Waals surface area contributed by atoms with Crippen LogP contribution in [0.3, 0.4) is 0 Å². The standard InChI is InChI=1S/C24H21NO4/c1-14(22(26)15-6-3-2-4-7-15)29-19-9-5-8-18(13-19)25-23(27)20-16-10-11-17(12-16)21(20)24(25)28/h2-11,13-14,16-17,20-21H,12H2,1H3/t14-,16+,17+,20+,21+/m1/s1. The Morgan fingerprint density at radius 2 is 1.62 bits per heavy atom. The maximum Gasteiger partial charge on any atom is 0.238 e. The van der Waals surface area contributed by atoms with E-state index in [4.69, 9.17) is 4.74 Å². The summed E-state index contributed by atoms with van der Waals surface area (Å²) in [6.07, 6.45) is 4.38. The molecule has 5 heteroatoms. The molecule has 2 amide bonds. The number of hydrogen-bond acceptors (Lipinski definition) is 4. The number of nitrogens with zero attached hydrogens (tertiary/aromatic N) is 1. The van der Waals surface area contributed by atoms with Crippen LogP contribution in [0.15, 0.2) is 66.7 Å². The highest BCUT2D eigenvalue weighted by Crippen LogP contribution is 2.53. The third-order valence-electron chi connectivity index (χ3n) is 6.29. The van der Waals surface area contributed by atoms with Gasteiger partial charge in [0.1, 0.15) is 5.75 Å². The van der Waals surface area contributed by atoms with E-state index in [0.717, 1.165) is 6.42 Å². The van der Waals surface area contributed by atoms with E-state index in [1.54, 1.807) is 43.3 Å². The lowest BCUT2D eigenvalue weighted by atomic mass is 9.85. The first-order valence-corrected chi connectivity index (χ1v) is 9.96. The zero-order chi connectivity index (χ0) is 20.1. The van der Waals surface area contributed by atoms with Crippen molar-refractivity contribution in [3.05, 3.63) is 72.3 Å². The summed E-state index contributed by atoms with van der Waals surface area (Å²) >= 11 is 0. The van der Waals surface area contributed by atoms with Gasteiger partial charge in [-0.05, 0) is 37.3 Å². The second kappa shape index (κ2) is 6.69. The van der Waals surface area contributed by atoms with E-state index in [0.29, 0.717) is 17.0 Å². The number of benzene rings is 2. The number of Topliss-reactive ketones (excluding diaryl/α,β-unsaturated/α-hetero) is 1. The Kier molecular flexibility index (Phi) is 4.12. The SMILES string of the molecule is C[C@@H](Oc1cccc(N2C(=O)[C@@H]3[C@@H](C2=O)[C@H]2C=C[C@H]3C2)c1)C(=O)c1ccccc1. The predicted molar refractivity (Wildman–Crippen MR) is 108 cm³/mol. The number of hydrogen-bond donors (Lipinski definition) is 0. The van der Waals surface area contributed by atoms with Gasteiger partial charge in [-0.3, -0.25) is 14.4 Å². The van der Waals surface area contributed by atoms with E-state index < -0.39 is 6.10 Å². The Bertz CT molecular complexity index is 998. The van der Waals surface area contributed by atoms with Gasteiger partial charge in [-0.25, -0.2) is 4.90 Å². The molecule has 3 aliphatic rings. The number of carbonyl (C=O) groups is 3. The number of rotatable bonds is 5. The number of imide groups is 1. The minimum atomic E-state index is -0.683. The average molecular weight is 387 g/mol. The summed E-state index contributed by atoms with van der Waals surface area (Å²) in [6.45, 7) is 1.70. The lowest BCUT2D eigenvalue weighted by Gasteiger charge is -2.19. The van der Waals surface area contributed by atoms with Crippen molar-refractivity contribution in [2.45, 2.75) is 19.4 Å². The summed E-state index contributed by atoms with van der Waals surface area (Å²) in [5.74, 6) is -0.0329. The largest absolute Gasteiger partial charge is 0.482 e. The number of ketones is 1. The Hall–Kier alpha value is -3.21. The van der Waals surface area contributed by atoms with Crippen molar-refractivity contribution in [1.29, 1.82) is 0 Å². The van der Waals surface area contributed by atoms with Crippen LogP contribution in [0, 0.1) is 23.7 Å². The van der Waals surface area contributed by atoms with E-state index in [-0.39, 0.29) is 41.3 Å². The second-order valence-electron chi connectivity index (χ2n) is 8.00. The molecule has 29 heavy (non-hydrogen) atoms. The molecule has 0 radical (unpaired) electrons. The minimum Gasteiger partial charge on any atom is -0.482 e. The second-order valence-corrected chi connectivity index (χ2v) is 8.00. The quantitative estimate of drug-likeness (QED) is 0.446. The molecule has 2 fully saturated rings. The lowest BCUT2D eigenvalue weighted by Crippen LogP contribution is -2.33. The van der Waals surface area contributed by atoms with Crippen LogP contribution in [0.5, 0.6) is 5.75 Å². The zero-order valence-corrected chi connectivity index (χ0v) is 16.0. The number of anilines is 1. The molecular weight excluding hydrogens is 366 g/mol. The van der Waals surface area contributed by atoms with Gasteiger partial charge < -0.3 is 4.74 Å². The van der Waals surface area contributed by atoms with Gasteiger partial charge in [0, 0.05) is 11.6 Å². The van der Waals surface area contributed by atoms with Gasteiger partial charge in [-0.2, -0.15) is 0 Å². The zero-order valence-electron chi connectivity index (χ0n) is 16.0. The highest BCUT2D eigenvalue weighted by atomic mass is 16.5. The molecule has 5 atom stereocenters. The molecule has 0 aromatic heterocycles. The van der Waals surface area contributed by atoms with E-state index in [9.17, 15) is 14.4 Å². The number of carbonyl (C=O) groups excluding carboxylic acids is 3. The minimum absolute atomic E-state index is 0.123. The Labute approximate surface area is 169 Å². The number of allylic oxidation sites excluding steroid dienone is 2. The van der Waals surface area contributed by atoms with E-state index in [1.807, 2.05) is 18.2 Å². The fourth-order valence-corrected chi connectivity index (χ4v) is 4.95. The molecule has 0 spiro atoms. The van der Waals surface area contributed by atoms with Gasteiger partial charge in [0.2, 0.25) is 17.6 Å². The molecule has 2 bridgehead atoms. The number of amides is 2. The van der Waals surface area contributed by atoms with Crippen molar-refractivity contribution in [2.24, 2.45) is 23.7 Å². The predicted octanol–water partition coefficient (Wildman–Crippen LogP) is 3.65. The van der Waals surface area contributed by atoms with E-state index in [2.05, 4.69) is 12.2 Å². The molecule has 2 aromatic rings. The maximum atomic E-state index is 13.0. The van der Waals surface area contributed by atoms with Gasteiger partial charge in [-0.15, -0.1) is 0 Å². The molecule has 1 aliphatic heterocycles. The van der Waals surface area contributed by atoms with Crippen LogP contribution in [-0.4, -0.2) is 23.7 Å². The Balaban J connectivity index is 1.36. The lowest BCUT2D eigenvalue weighted by molar-refractivity contribution is -0.123. The van der Waals surface area contributed by atoms with Crippen LogP contribution >= 0.6 is 0 Å². The van der Waals surface area contributed by atoms with Crippen molar-refractivity contribution in [2.75, 3.05) is 4.90 Å². The molecule has 1 heterocycles. The van der Waals surface area contributed by atoms with Crippen LogP contribution in [0.4, 0.5) is 5.69 Å².